The Balaban J connectivity index is 1.63. The van der Waals surface area contributed by atoms with Crippen molar-refractivity contribution in [1.82, 2.24) is 15.1 Å². The first-order chi connectivity index (χ1) is 13.8. The molecule has 9 nitrogen and oxygen atoms in total. The highest BCUT2D eigenvalue weighted by Gasteiger charge is 2.36. The normalized spacial score (nSPS) is 21.3. The van der Waals surface area contributed by atoms with Crippen LogP contribution in [0.5, 0.6) is 0 Å². The van der Waals surface area contributed by atoms with Crippen molar-refractivity contribution in [2.45, 2.75) is 25.8 Å². The maximum atomic E-state index is 13.3. The maximum Gasteiger partial charge on any atom is 0.404 e. The van der Waals surface area contributed by atoms with Crippen molar-refractivity contribution in [3.63, 3.8) is 0 Å². The summed E-state index contributed by atoms with van der Waals surface area (Å²) in [5, 5.41) is 18.7. The Morgan fingerprint density at radius 2 is 2.03 bits per heavy atom. The van der Waals surface area contributed by atoms with E-state index in [2.05, 4.69) is 17.1 Å². The molecule has 158 valence electrons. The molecule has 2 heterocycles. The number of anilines is 1. The molecular formula is C20H30N6O3. The number of likely N-dealkylation sites (tertiary alicyclic amines) is 1. The van der Waals surface area contributed by atoms with Gasteiger partial charge in [-0.3, -0.25) is 10.3 Å². The third kappa shape index (κ3) is 5.17. The molecule has 29 heavy (non-hydrogen) atoms. The first kappa shape index (κ1) is 20.9. The molecule has 9 heteroatoms. The number of nitrogens with zero attached hydrogens (tertiary/aromatic N) is 3. The zero-order valence-corrected chi connectivity index (χ0v) is 16.8. The van der Waals surface area contributed by atoms with Crippen molar-refractivity contribution in [3.05, 3.63) is 29.8 Å². The quantitative estimate of drug-likeness (QED) is 0.425. The van der Waals surface area contributed by atoms with Crippen LogP contribution < -0.4 is 16.0 Å². The predicted octanol–water partition coefficient (Wildman–Crippen LogP) is 1.58. The third-order valence-corrected chi connectivity index (χ3v) is 5.65. The van der Waals surface area contributed by atoms with Gasteiger partial charge in [0.15, 0.2) is 0 Å². The zero-order valence-electron chi connectivity index (χ0n) is 16.8. The average molecular weight is 402 g/mol. The molecule has 2 aliphatic heterocycles. The number of nitrogen functional groups attached to an aromatic ring is 1. The van der Waals surface area contributed by atoms with Gasteiger partial charge in [-0.15, -0.1) is 0 Å². The summed E-state index contributed by atoms with van der Waals surface area (Å²) in [5.74, 6) is 0.331. The number of carbonyl (C=O) groups excluding carboxylic acids is 1. The van der Waals surface area contributed by atoms with Gasteiger partial charge in [0, 0.05) is 56.6 Å². The van der Waals surface area contributed by atoms with Crippen molar-refractivity contribution in [2.75, 3.05) is 44.2 Å². The lowest BCUT2D eigenvalue weighted by Crippen LogP contribution is -2.58. The van der Waals surface area contributed by atoms with Gasteiger partial charge in [0.05, 0.1) is 0 Å². The van der Waals surface area contributed by atoms with E-state index in [9.17, 15) is 9.59 Å². The van der Waals surface area contributed by atoms with E-state index in [1.165, 1.54) is 0 Å². The van der Waals surface area contributed by atoms with Crippen LogP contribution in [-0.2, 0) is 0 Å². The van der Waals surface area contributed by atoms with Crippen molar-refractivity contribution in [2.24, 2.45) is 11.7 Å². The molecule has 0 spiro atoms. The molecule has 2 aliphatic rings. The largest absolute Gasteiger partial charge is 0.465 e. The van der Waals surface area contributed by atoms with Crippen molar-refractivity contribution in [1.29, 1.82) is 5.41 Å². The van der Waals surface area contributed by atoms with E-state index < -0.39 is 6.09 Å². The van der Waals surface area contributed by atoms with Gasteiger partial charge in [-0.05, 0) is 30.9 Å². The Labute approximate surface area is 171 Å². The Morgan fingerprint density at radius 1 is 1.31 bits per heavy atom. The topological polar surface area (TPSA) is 126 Å². The second-order valence-electron chi connectivity index (χ2n) is 7.92. The summed E-state index contributed by atoms with van der Waals surface area (Å²) >= 11 is 0. The Kier molecular flexibility index (Phi) is 6.58. The number of benzene rings is 1. The summed E-state index contributed by atoms with van der Waals surface area (Å²) in [6.45, 7) is 6.35. The number of piperidine rings is 1. The highest BCUT2D eigenvalue weighted by Crippen LogP contribution is 2.27. The second kappa shape index (κ2) is 9.13. The number of carbonyl (C=O) groups is 2. The Bertz CT molecular complexity index is 762. The lowest BCUT2D eigenvalue weighted by atomic mass is 9.99. The molecule has 0 bridgehead atoms. The van der Waals surface area contributed by atoms with Crippen LogP contribution in [0.3, 0.4) is 0 Å². The number of hydrogen-bond acceptors (Lipinski definition) is 4. The summed E-state index contributed by atoms with van der Waals surface area (Å²) in [7, 11) is 0. The van der Waals surface area contributed by atoms with E-state index in [1.54, 1.807) is 17.0 Å². The molecule has 1 aromatic rings. The number of amides is 3. The molecule has 1 aromatic carbocycles. The molecule has 3 rings (SSSR count). The Hall–Kier alpha value is -2.81. The zero-order chi connectivity index (χ0) is 21.0. The van der Waals surface area contributed by atoms with Gasteiger partial charge in [0.1, 0.15) is 5.84 Å². The number of nitrogens with one attached hydrogen (secondary N) is 2. The van der Waals surface area contributed by atoms with Crippen LogP contribution in [0.2, 0.25) is 0 Å². The second-order valence-corrected chi connectivity index (χ2v) is 7.92. The fraction of sp³-hybridized carbons (Fsp3) is 0.550. The van der Waals surface area contributed by atoms with Crippen LogP contribution in [0.15, 0.2) is 24.3 Å². The number of amidine groups is 1. The summed E-state index contributed by atoms with van der Waals surface area (Å²) in [6.07, 6.45) is 0.765. The fourth-order valence-corrected chi connectivity index (χ4v) is 4.15. The van der Waals surface area contributed by atoms with Gasteiger partial charge < -0.3 is 26.0 Å². The van der Waals surface area contributed by atoms with Crippen LogP contribution in [0.1, 0.15) is 25.3 Å². The molecule has 1 unspecified atom stereocenters. The first-order valence-corrected chi connectivity index (χ1v) is 10.1. The Morgan fingerprint density at radius 3 is 2.69 bits per heavy atom. The minimum Gasteiger partial charge on any atom is -0.465 e. The molecule has 0 aliphatic carbocycles. The smallest absolute Gasteiger partial charge is 0.404 e. The summed E-state index contributed by atoms with van der Waals surface area (Å²) in [4.78, 5) is 29.9. The molecule has 3 amide bonds. The molecule has 5 N–H and O–H groups in total. The monoisotopic (exact) mass is 402 g/mol. The van der Waals surface area contributed by atoms with E-state index in [1.807, 2.05) is 17.0 Å². The van der Waals surface area contributed by atoms with Crippen molar-refractivity contribution >= 4 is 23.6 Å². The number of urea groups is 1. The minimum absolute atomic E-state index is 0.00836. The summed E-state index contributed by atoms with van der Waals surface area (Å²) in [5.41, 5.74) is 7.00. The standard InChI is InChI=1S/C20H30N6O3/c1-14-12-25(16-5-8-24(9-6-16)10-7-23-19(27)28)20(29)26(13-14)17-4-2-3-15(11-17)18(21)22/h2-4,11,14,16,23H,5-10,12-13H2,1H3,(H3,21,22)(H,27,28). The number of nitrogens with two attached hydrogens (primary N) is 1. The molecule has 1 atom stereocenters. The lowest BCUT2D eigenvalue weighted by Gasteiger charge is -2.45. The van der Waals surface area contributed by atoms with Crippen LogP contribution in [0.4, 0.5) is 15.3 Å². The van der Waals surface area contributed by atoms with Gasteiger partial charge in [0.2, 0.25) is 0 Å². The van der Waals surface area contributed by atoms with E-state index in [0.29, 0.717) is 31.1 Å². The molecule has 2 fully saturated rings. The number of hydrogen-bond donors (Lipinski definition) is 4. The van der Waals surface area contributed by atoms with Crippen molar-refractivity contribution in [3.8, 4) is 0 Å². The van der Waals surface area contributed by atoms with Crippen LogP contribution in [0, 0.1) is 11.3 Å². The fourth-order valence-electron chi connectivity index (χ4n) is 4.15. The SMILES string of the molecule is CC1CN(c2cccc(C(=N)N)c2)C(=O)N(C2CCN(CCNC(=O)O)CC2)C1. The van der Waals surface area contributed by atoms with Gasteiger partial charge in [0.25, 0.3) is 0 Å². The lowest BCUT2D eigenvalue weighted by molar-refractivity contribution is 0.106. The highest BCUT2D eigenvalue weighted by molar-refractivity contribution is 5.98. The van der Waals surface area contributed by atoms with Gasteiger partial charge in [-0.2, -0.15) is 0 Å². The molecular weight excluding hydrogens is 372 g/mol. The van der Waals surface area contributed by atoms with E-state index in [-0.39, 0.29) is 17.9 Å². The predicted molar refractivity (Wildman–Crippen MR) is 112 cm³/mol. The van der Waals surface area contributed by atoms with E-state index in [4.69, 9.17) is 16.2 Å². The highest BCUT2D eigenvalue weighted by atomic mass is 16.4. The molecule has 2 saturated heterocycles. The average Bonchev–Trinajstić information content (AvgIpc) is 2.70. The molecule has 0 radical (unpaired) electrons. The van der Waals surface area contributed by atoms with Crippen LogP contribution in [-0.4, -0.2) is 78.2 Å². The maximum absolute atomic E-state index is 13.3. The minimum atomic E-state index is -0.998. The van der Waals surface area contributed by atoms with Crippen LogP contribution >= 0.6 is 0 Å². The first-order valence-electron chi connectivity index (χ1n) is 10.1. The summed E-state index contributed by atoms with van der Waals surface area (Å²) < 4.78 is 0. The van der Waals surface area contributed by atoms with Crippen molar-refractivity contribution < 1.29 is 14.7 Å². The van der Waals surface area contributed by atoms with Gasteiger partial charge in [-0.1, -0.05) is 19.1 Å². The third-order valence-electron chi connectivity index (χ3n) is 5.65. The van der Waals surface area contributed by atoms with Gasteiger partial charge in [-0.25, -0.2) is 9.59 Å². The number of carboxylic acid groups (broad SMARTS) is 1. The van der Waals surface area contributed by atoms with Gasteiger partial charge >= 0.3 is 12.1 Å². The van der Waals surface area contributed by atoms with E-state index >= 15 is 0 Å². The number of rotatable bonds is 6. The molecule has 0 aromatic heterocycles. The van der Waals surface area contributed by atoms with Crippen LogP contribution in [0.25, 0.3) is 0 Å². The summed E-state index contributed by atoms with van der Waals surface area (Å²) in [6, 6.07) is 7.48. The molecule has 0 saturated carbocycles. The van der Waals surface area contributed by atoms with E-state index in [0.717, 1.165) is 38.2 Å².